The molecule has 124 valence electrons. The number of hydrogen-bond donors (Lipinski definition) is 2. The topological polar surface area (TPSA) is 102 Å². The first-order chi connectivity index (χ1) is 10.2. The molecule has 0 aromatic carbocycles. The predicted molar refractivity (Wildman–Crippen MR) is 80.2 cm³/mol. The zero-order valence-electron chi connectivity index (χ0n) is 13.0. The Morgan fingerprint density at radius 2 is 1.41 bits per heavy atom. The maximum absolute atomic E-state index is 11.3. The fourth-order valence-corrected chi connectivity index (χ4v) is 1.41. The van der Waals surface area contributed by atoms with E-state index < -0.39 is 17.9 Å². The van der Waals surface area contributed by atoms with Crippen molar-refractivity contribution in [2.45, 2.75) is 32.7 Å². The van der Waals surface area contributed by atoms with Crippen LogP contribution in [0.25, 0.3) is 0 Å². The van der Waals surface area contributed by atoms with Gasteiger partial charge in [-0.25, -0.2) is 9.59 Å². The smallest absolute Gasteiger partial charge is 0.333 e. The number of nitrogens with one attached hydrogen (secondary N) is 1. The van der Waals surface area contributed by atoms with E-state index >= 15 is 0 Å². The average molecular weight is 313 g/mol. The van der Waals surface area contributed by atoms with Crippen LogP contribution in [0, 0.1) is 0 Å². The van der Waals surface area contributed by atoms with E-state index in [4.69, 9.17) is 14.6 Å². The normalized spacial score (nSPS) is 10.1. The van der Waals surface area contributed by atoms with Gasteiger partial charge in [-0.2, -0.15) is 0 Å². The third-order valence-electron chi connectivity index (χ3n) is 2.64. The van der Waals surface area contributed by atoms with Crippen molar-refractivity contribution in [3.05, 3.63) is 24.3 Å². The van der Waals surface area contributed by atoms with E-state index in [1.165, 1.54) is 0 Å². The minimum absolute atomic E-state index is 0.122. The highest BCUT2D eigenvalue weighted by Gasteiger charge is 2.13. The van der Waals surface area contributed by atoms with Crippen LogP contribution in [0.4, 0.5) is 0 Å². The quantitative estimate of drug-likeness (QED) is 0.434. The summed E-state index contributed by atoms with van der Waals surface area (Å²) in [5.74, 6) is -1.99. The van der Waals surface area contributed by atoms with Gasteiger partial charge in [0.25, 0.3) is 0 Å². The van der Waals surface area contributed by atoms with E-state index in [1.807, 2.05) is 0 Å². The molecule has 7 nitrogen and oxygen atoms in total. The molecule has 0 bridgehead atoms. The van der Waals surface area contributed by atoms with Crippen LogP contribution in [-0.2, 0) is 23.9 Å². The Morgan fingerprint density at radius 3 is 1.73 bits per heavy atom. The Kier molecular flexibility index (Phi) is 9.53. The molecule has 0 rings (SSSR count). The monoisotopic (exact) mass is 313 g/mol. The summed E-state index contributed by atoms with van der Waals surface area (Å²) < 4.78 is 9.92. The van der Waals surface area contributed by atoms with Crippen molar-refractivity contribution in [3.8, 4) is 0 Å². The highest BCUT2D eigenvalue weighted by molar-refractivity contribution is 5.87. The lowest BCUT2D eigenvalue weighted by atomic mass is 10.1. The van der Waals surface area contributed by atoms with Gasteiger partial charge in [-0.1, -0.05) is 13.2 Å². The van der Waals surface area contributed by atoms with Gasteiger partial charge in [0.15, 0.2) is 0 Å². The van der Waals surface area contributed by atoms with Crippen LogP contribution >= 0.6 is 0 Å². The van der Waals surface area contributed by atoms with Crippen molar-refractivity contribution >= 4 is 17.9 Å². The molecule has 0 heterocycles. The Labute approximate surface area is 130 Å². The molecule has 0 saturated heterocycles. The van der Waals surface area contributed by atoms with Crippen LogP contribution in [0.3, 0.4) is 0 Å². The van der Waals surface area contributed by atoms with Gasteiger partial charge in [0.1, 0.15) is 0 Å². The number of aliphatic carboxylic acids is 1. The minimum Gasteiger partial charge on any atom is -0.480 e. The lowest BCUT2D eigenvalue weighted by Crippen LogP contribution is -2.36. The molecular weight excluding hydrogens is 290 g/mol. The number of carbonyl (C=O) groups excluding carboxylic acids is 2. The number of ether oxygens (including phenoxy) is 2. The second-order valence-corrected chi connectivity index (χ2v) is 4.88. The summed E-state index contributed by atoms with van der Waals surface area (Å²) in [4.78, 5) is 33.1. The molecule has 0 aliphatic rings. The Balaban J connectivity index is 4.22. The van der Waals surface area contributed by atoms with Gasteiger partial charge in [0, 0.05) is 17.2 Å². The summed E-state index contributed by atoms with van der Waals surface area (Å²) in [6, 6.07) is -0.257. The fraction of sp³-hybridized carbons (Fsp3) is 0.533. The highest BCUT2D eigenvalue weighted by atomic mass is 16.5. The van der Waals surface area contributed by atoms with Crippen molar-refractivity contribution in [2.24, 2.45) is 0 Å². The molecule has 0 radical (unpaired) electrons. The van der Waals surface area contributed by atoms with Crippen LogP contribution in [0.2, 0.25) is 0 Å². The van der Waals surface area contributed by atoms with Gasteiger partial charge in [-0.3, -0.25) is 4.79 Å². The molecule has 0 aliphatic heterocycles. The predicted octanol–water partition coefficient (Wildman–Crippen LogP) is 1.05. The number of carbonyl (C=O) groups is 3. The third-order valence-corrected chi connectivity index (χ3v) is 2.64. The SMILES string of the molecule is C=C(C)C(=O)OCCC(CCOC(=O)C(=C)C)NCC(=O)O. The number of esters is 2. The van der Waals surface area contributed by atoms with Crippen molar-refractivity contribution in [1.29, 1.82) is 0 Å². The van der Waals surface area contributed by atoms with Crippen molar-refractivity contribution in [3.63, 3.8) is 0 Å². The maximum atomic E-state index is 11.3. The molecule has 0 unspecified atom stereocenters. The summed E-state index contributed by atoms with van der Waals surface area (Å²) in [5.41, 5.74) is 0.593. The zero-order chi connectivity index (χ0) is 17.1. The standard InChI is InChI=1S/C15H23NO6/c1-10(2)14(19)21-7-5-12(16-9-13(17)18)6-8-22-15(20)11(3)4/h12,16H,1,3,5-9H2,2,4H3,(H,17,18). The largest absolute Gasteiger partial charge is 0.480 e. The van der Waals surface area contributed by atoms with E-state index in [-0.39, 0.29) is 25.8 Å². The first-order valence-corrected chi connectivity index (χ1v) is 6.84. The second kappa shape index (κ2) is 10.6. The van der Waals surface area contributed by atoms with Crippen LogP contribution in [0.1, 0.15) is 26.7 Å². The minimum atomic E-state index is -0.997. The molecule has 0 saturated carbocycles. The van der Waals surface area contributed by atoms with Gasteiger partial charge in [-0.15, -0.1) is 0 Å². The van der Waals surface area contributed by atoms with Gasteiger partial charge in [0.2, 0.25) is 0 Å². The molecule has 7 heteroatoms. The number of rotatable bonds is 11. The lowest BCUT2D eigenvalue weighted by molar-refractivity contribution is -0.140. The van der Waals surface area contributed by atoms with Gasteiger partial charge >= 0.3 is 17.9 Å². The van der Waals surface area contributed by atoms with Crippen molar-refractivity contribution in [1.82, 2.24) is 5.32 Å². The summed E-state index contributed by atoms with van der Waals surface area (Å²) in [5, 5.41) is 11.5. The lowest BCUT2D eigenvalue weighted by Gasteiger charge is -2.17. The molecule has 2 N–H and O–H groups in total. The summed E-state index contributed by atoms with van der Waals surface area (Å²) in [7, 11) is 0. The molecule has 0 spiro atoms. The van der Waals surface area contributed by atoms with E-state index in [2.05, 4.69) is 18.5 Å². The van der Waals surface area contributed by atoms with E-state index in [0.717, 1.165) is 0 Å². The van der Waals surface area contributed by atoms with Crippen LogP contribution in [-0.4, -0.2) is 48.8 Å². The molecule has 22 heavy (non-hydrogen) atoms. The first-order valence-electron chi connectivity index (χ1n) is 6.84. The van der Waals surface area contributed by atoms with Gasteiger partial charge in [-0.05, 0) is 26.7 Å². The van der Waals surface area contributed by atoms with Crippen LogP contribution in [0.15, 0.2) is 24.3 Å². The summed E-state index contributed by atoms with van der Waals surface area (Å²) >= 11 is 0. The zero-order valence-corrected chi connectivity index (χ0v) is 13.0. The molecule has 0 aliphatic carbocycles. The molecule has 0 aromatic heterocycles. The maximum Gasteiger partial charge on any atom is 0.333 e. The molecule has 0 aromatic rings. The third kappa shape index (κ3) is 9.71. The average Bonchev–Trinajstić information content (AvgIpc) is 2.43. The van der Waals surface area contributed by atoms with E-state index in [1.54, 1.807) is 13.8 Å². The van der Waals surface area contributed by atoms with E-state index in [9.17, 15) is 14.4 Å². The van der Waals surface area contributed by atoms with E-state index in [0.29, 0.717) is 24.0 Å². The molecule has 0 atom stereocenters. The number of carboxylic acid groups (broad SMARTS) is 1. The molecular formula is C15H23NO6. The van der Waals surface area contributed by atoms with Gasteiger partial charge in [0.05, 0.1) is 19.8 Å². The van der Waals surface area contributed by atoms with Crippen molar-refractivity contribution in [2.75, 3.05) is 19.8 Å². The van der Waals surface area contributed by atoms with Crippen molar-refractivity contribution < 1.29 is 29.0 Å². The number of hydrogen-bond acceptors (Lipinski definition) is 6. The van der Waals surface area contributed by atoms with Gasteiger partial charge < -0.3 is 19.9 Å². The summed E-state index contributed by atoms with van der Waals surface area (Å²) in [6.45, 7) is 10.0. The second-order valence-electron chi connectivity index (χ2n) is 4.88. The van der Waals surface area contributed by atoms with Crippen LogP contribution < -0.4 is 5.32 Å². The highest BCUT2D eigenvalue weighted by Crippen LogP contribution is 2.03. The molecule has 0 fully saturated rings. The Morgan fingerprint density at radius 1 is 1.00 bits per heavy atom. The number of carboxylic acids is 1. The first kappa shape index (κ1) is 19.9. The Bertz CT molecular complexity index is 411. The Hall–Kier alpha value is -2.15. The summed E-state index contributed by atoms with van der Waals surface area (Å²) in [6.07, 6.45) is 0.799. The molecule has 0 amide bonds. The fourth-order valence-electron chi connectivity index (χ4n) is 1.41. The van der Waals surface area contributed by atoms with Crippen LogP contribution in [0.5, 0.6) is 0 Å².